The highest BCUT2D eigenvalue weighted by molar-refractivity contribution is 9.10. The summed E-state index contributed by atoms with van der Waals surface area (Å²) in [5.74, 6) is 1.61. The zero-order chi connectivity index (χ0) is 15.2. The SMILES string of the molecule is CCOc1c(Br)cc(Cl)cc1NCc1cccc(OC)c1. The van der Waals surface area contributed by atoms with Crippen molar-refractivity contribution in [3.05, 3.63) is 51.5 Å². The Balaban J connectivity index is 2.18. The standard InChI is InChI=1S/C16H17BrClNO2/c1-3-21-16-14(17)8-12(18)9-15(16)19-10-11-5-4-6-13(7-11)20-2/h4-9,19H,3,10H2,1-2H3. The minimum absolute atomic E-state index is 0.591. The third-order valence-corrected chi connectivity index (χ3v) is 3.72. The zero-order valence-electron chi connectivity index (χ0n) is 12.0. The van der Waals surface area contributed by atoms with Crippen molar-refractivity contribution in [3.8, 4) is 11.5 Å². The van der Waals surface area contributed by atoms with Gasteiger partial charge in [-0.05, 0) is 52.7 Å². The molecule has 0 heterocycles. The Hall–Kier alpha value is -1.39. The van der Waals surface area contributed by atoms with Crippen molar-refractivity contribution < 1.29 is 9.47 Å². The third kappa shape index (κ3) is 4.29. The normalized spacial score (nSPS) is 10.3. The van der Waals surface area contributed by atoms with Gasteiger partial charge >= 0.3 is 0 Å². The minimum Gasteiger partial charge on any atom is -0.497 e. The summed E-state index contributed by atoms with van der Waals surface area (Å²) in [6.07, 6.45) is 0. The van der Waals surface area contributed by atoms with Gasteiger partial charge in [-0.2, -0.15) is 0 Å². The smallest absolute Gasteiger partial charge is 0.156 e. The Morgan fingerprint density at radius 2 is 2.05 bits per heavy atom. The molecule has 2 aromatic rings. The van der Waals surface area contributed by atoms with Gasteiger partial charge in [-0.3, -0.25) is 0 Å². The Morgan fingerprint density at radius 1 is 1.24 bits per heavy atom. The highest BCUT2D eigenvalue weighted by Crippen LogP contribution is 2.36. The lowest BCUT2D eigenvalue weighted by atomic mass is 10.2. The van der Waals surface area contributed by atoms with Gasteiger partial charge in [-0.1, -0.05) is 23.7 Å². The molecule has 2 rings (SSSR count). The second-order valence-corrected chi connectivity index (χ2v) is 5.69. The maximum atomic E-state index is 6.11. The second kappa shape index (κ2) is 7.57. The quantitative estimate of drug-likeness (QED) is 0.765. The van der Waals surface area contributed by atoms with Gasteiger partial charge < -0.3 is 14.8 Å². The van der Waals surface area contributed by atoms with Crippen LogP contribution in [0.3, 0.4) is 0 Å². The van der Waals surface area contributed by atoms with Gasteiger partial charge in [0.2, 0.25) is 0 Å². The van der Waals surface area contributed by atoms with Crippen LogP contribution in [-0.4, -0.2) is 13.7 Å². The number of rotatable bonds is 6. The third-order valence-electron chi connectivity index (χ3n) is 2.91. The van der Waals surface area contributed by atoms with Crippen LogP contribution in [0.2, 0.25) is 5.02 Å². The van der Waals surface area contributed by atoms with Crippen LogP contribution in [0.1, 0.15) is 12.5 Å². The first kappa shape index (κ1) is 16.0. The van der Waals surface area contributed by atoms with Crippen LogP contribution in [0.25, 0.3) is 0 Å². The molecule has 0 aliphatic carbocycles. The van der Waals surface area contributed by atoms with Crippen molar-refractivity contribution in [1.82, 2.24) is 0 Å². The number of hydrogen-bond donors (Lipinski definition) is 1. The van der Waals surface area contributed by atoms with E-state index in [2.05, 4.69) is 21.2 Å². The molecule has 21 heavy (non-hydrogen) atoms. The lowest BCUT2D eigenvalue weighted by molar-refractivity contribution is 0.339. The van der Waals surface area contributed by atoms with Crippen molar-refractivity contribution in [1.29, 1.82) is 0 Å². The molecule has 0 unspecified atom stereocenters. The van der Waals surface area contributed by atoms with Crippen molar-refractivity contribution >= 4 is 33.2 Å². The highest BCUT2D eigenvalue weighted by atomic mass is 79.9. The summed E-state index contributed by atoms with van der Waals surface area (Å²) in [5, 5.41) is 4.00. The highest BCUT2D eigenvalue weighted by Gasteiger charge is 2.10. The molecule has 3 nitrogen and oxygen atoms in total. The molecule has 0 aliphatic rings. The molecule has 0 amide bonds. The fourth-order valence-electron chi connectivity index (χ4n) is 1.96. The summed E-state index contributed by atoms with van der Waals surface area (Å²) in [6, 6.07) is 11.6. The first-order valence-electron chi connectivity index (χ1n) is 6.62. The van der Waals surface area contributed by atoms with E-state index in [-0.39, 0.29) is 0 Å². The van der Waals surface area contributed by atoms with Gasteiger partial charge in [0, 0.05) is 11.6 Å². The molecule has 1 N–H and O–H groups in total. The van der Waals surface area contributed by atoms with Crippen LogP contribution >= 0.6 is 27.5 Å². The van der Waals surface area contributed by atoms with Crippen LogP contribution in [0.5, 0.6) is 11.5 Å². The van der Waals surface area contributed by atoms with Crippen LogP contribution in [0.15, 0.2) is 40.9 Å². The fraction of sp³-hybridized carbons (Fsp3) is 0.250. The topological polar surface area (TPSA) is 30.5 Å². The van der Waals surface area contributed by atoms with Crippen molar-refractivity contribution in [2.45, 2.75) is 13.5 Å². The van der Waals surface area contributed by atoms with Crippen molar-refractivity contribution in [3.63, 3.8) is 0 Å². The number of anilines is 1. The van der Waals surface area contributed by atoms with Gasteiger partial charge in [-0.25, -0.2) is 0 Å². The molecule has 0 saturated heterocycles. The Bertz CT molecular complexity index is 619. The van der Waals surface area contributed by atoms with Gasteiger partial charge in [0.15, 0.2) is 5.75 Å². The summed E-state index contributed by atoms with van der Waals surface area (Å²) in [7, 11) is 1.66. The Labute approximate surface area is 138 Å². The maximum absolute atomic E-state index is 6.11. The summed E-state index contributed by atoms with van der Waals surface area (Å²) in [4.78, 5) is 0. The molecule has 0 atom stereocenters. The van der Waals surface area contributed by atoms with Crippen LogP contribution in [0, 0.1) is 0 Å². The molecule has 0 bridgehead atoms. The largest absolute Gasteiger partial charge is 0.497 e. The fourth-order valence-corrected chi connectivity index (χ4v) is 2.89. The predicted molar refractivity (Wildman–Crippen MR) is 90.6 cm³/mol. The molecule has 0 aromatic heterocycles. The molecule has 112 valence electrons. The molecule has 2 aromatic carbocycles. The van der Waals surface area contributed by atoms with Crippen LogP contribution in [-0.2, 0) is 6.54 Å². The van der Waals surface area contributed by atoms with Gasteiger partial charge in [0.25, 0.3) is 0 Å². The number of methoxy groups -OCH3 is 1. The molecule has 0 saturated carbocycles. The molecule has 0 spiro atoms. The minimum atomic E-state index is 0.591. The van der Waals surface area contributed by atoms with Crippen LogP contribution in [0.4, 0.5) is 5.69 Å². The van der Waals surface area contributed by atoms with E-state index in [0.717, 1.165) is 27.2 Å². The van der Waals surface area contributed by atoms with Gasteiger partial charge in [0.1, 0.15) is 5.75 Å². The van der Waals surface area contributed by atoms with E-state index in [4.69, 9.17) is 21.1 Å². The molecule has 0 radical (unpaired) electrons. The van der Waals surface area contributed by atoms with Crippen molar-refractivity contribution in [2.75, 3.05) is 19.0 Å². The number of ether oxygens (including phenoxy) is 2. The maximum Gasteiger partial charge on any atom is 0.156 e. The predicted octanol–water partition coefficient (Wildman–Crippen LogP) is 5.12. The van der Waals surface area contributed by atoms with Gasteiger partial charge in [0.05, 0.1) is 23.9 Å². The Kier molecular flexibility index (Phi) is 5.76. The number of halogens is 2. The van der Waals surface area contributed by atoms with E-state index in [1.165, 1.54) is 0 Å². The van der Waals surface area contributed by atoms with E-state index in [0.29, 0.717) is 18.2 Å². The summed E-state index contributed by atoms with van der Waals surface area (Å²) < 4.78 is 11.7. The monoisotopic (exact) mass is 369 g/mol. The van der Waals surface area contributed by atoms with E-state index in [1.54, 1.807) is 7.11 Å². The van der Waals surface area contributed by atoms with Crippen LogP contribution < -0.4 is 14.8 Å². The van der Waals surface area contributed by atoms with E-state index in [9.17, 15) is 0 Å². The first-order chi connectivity index (χ1) is 10.1. The zero-order valence-corrected chi connectivity index (χ0v) is 14.3. The summed E-state index contributed by atoms with van der Waals surface area (Å²) in [5.41, 5.74) is 1.98. The van der Waals surface area contributed by atoms with Crippen molar-refractivity contribution in [2.24, 2.45) is 0 Å². The first-order valence-corrected chi connectivity index (χ1v) is 7.79. The molecule has 5 heteroatoms. The molecular weight excluding hydrogens is 354 g/mol. The number of benzene rings is 2. The second-order valence-electron chi connectivity index (χ2n) is 4.40. The number of hydrogen-bond acceptors (Lipinski definition) is 3. The molecule has 0 aliphatic heterocycles. The molecule has 0 fully saturated rings. The lowest BCUT2D eigenvalue weighted by Crippen LogP contribution is -2.03. The van der Waals surface area contributed by atoms with E-state index in [1.807, 2.05) is 43.3 Å². The van der Waals surface area contributed by atoms with E-state index < -0.39 is 0 Å². The Morgan fingerprint density at radius 3 is 2.76 bits per heavy atom. The van der Waals surface area contributed by atoms with E-state index >= 15 is 0 Å². The lowest BCUT2D eigenvalue weighted by Gasteiger charge is -2.15. The molecular formula is C16H17BrClNO2. The summed E-state index contributed by atoms with van der Waals surface area (Å²) >= 11 is 9.58. The summed E-state index contributed by atoms with van der Waals surface area (Å²) in [6.45, 7) is 3.20. The average molecular weight is 371 g/mol. The average Bonchev–Trinajstić information content (AvgIpc) is 2.48. The van der Waals surface area contributed by atoms with Gasteiger partial charge in [-0.15, -0.1) is 0 Å². The number of nitrogens with one attached hydrogen (secondary N) is 1.